The van der Waals surface area contributed by atoms with Crippen LogP contribution >= 0.6 is 0 Å². The normalized spacial score (nSPS) is 16.9. The molecule has 0 fully saturated rings. The maximum Gasteiger partial charge on any atom is 0.155 e. The fourth-order valence-electron chi connectivity index (χ4n) is 2.02. The van der Waals surface area contributed by atoms with E-state index >= 15 is 0 Å². The number of nitrogens with two attached hydrogens (primary N) is 1. The maximum absolute atomic E-state index is 12.1. The van der Waals surface area contributed by atoms with Gasteiger partial charge < -0.3 is 10.8 Å². The minimum Gasteiger partial charge on any atom is -0.396 e. The molecule has 4 nitrogen and oxygen atoms in total. The monoisotopic (exact) mass is 279 g/mol. The van der Waals surface area contributed by atoms with Crippen molar-refractivity contribution in [2.75, 3.05) is 18.9 Å². The maximum atomic E-state index is 12.1. The van der Waals surface area contributed by atoms with E-state index in [1.807, 2.05) is 0 Å². The quantitative estimate of drug-likeness (QED) is 0.741. The molecule has 0 aromatic carbocycles. The van der Waals surface area contributed by atoms with E-state index in [0.29, 0.717) is 18.9 Å². The highest BCUT2D eigenvalue weighted by Gasteiger charge is 2.34. The minimum absolute atomic E-state index is 0.0542. The molecule has 18 heavy (non-hydrogen) atoms. The molecule has 0 aromatic rings. The minimum atomic E-state index is -3.15. The summed E-state index contributed by atoms with van der Waals surface area (Å²) in [6.07, 6.45) is 1.18. The van der Waals surface area contributed by atoms with Crippen molar-refractivity contribution >= 4 is 9.84 Å². The Morgan fingerprint density at radius 2 is 1.72 bits per heavy atom. The summed E-state index contributed by atoms with van der Waals surface area (Å²) in [5, 5.41) is 9.55. The summed E-state index contributed by atoms with van der Waals surface area (Å²) in [5.74, 6) is 0.471. The lowest BCUT2D eigenvalue weighted by Gasteiger charge is -2.33. The Bertz CT molecular complexity index is 338. The molecule has 0 aliphatic carbocycles. The number of hydrogen-bond acceptors (Lipinski definition) is 4. The van der Waals surface area contributed by atoms with E-state index in [-0.39, 0.29) is 12.4 Å². The van der Waals surface area contributed by atoms with Gasteiger partial charge >= 0.3 is 0 Å². The van der Waals surface area contributed by atoms with Gasteiger partial charge in [-0.1, -0.05) is 13.8 Å². The highest BCUT2D eigenvalue weighted by molar-refractivity contribution is 7.92. The zero-order valence-corrected chi connectivity index (χ0v) is 13.2. The Balaban J connectivity index is 4.84. The van der Waals surface area contributed by atoms with E-state index in [0.717, 1.165) is 6.42 Å². The van der Waals surface area contributed by atoms with Crippen LogP contribution < -0.4 is 5.73 Å². The van der Waals surface area contributed by atoms with Gasteiger partial charge in [0.25, 0.3) is 0 Å². The van der Waals surface area contributed by atoms with Gasteiger partial charge in [0.15, 0.2) is 9.84 Å². The molecule has 0 aliphatic heterocycles. The van der Waals surface area contributed by atoms with Crippen molar-refractivity contribution in [2.24, 2.45) is 17.1 Å². The molecule has 5 heteroatoms. The Hall–Kier alpha value is -0.130. The summed E-state index contributed by atoms with van der Waals surface area (Å²) in [4.78, 5) is 0. The highest BCUT2D eigenvalue weighted by Crippen LogP contribution is 2.31. The molecule has 0 rings (SSSR count). The van der Waals surface area contributed by atoms with Crippen LogP contribution in [0.2, 0.25) is 0 Å². The largest absolute Gasteiger partial charge is 0.396 e. The van der Waals surface area contributed by atoms with Crippen molar-refractivity contribution in [1.29, 1.82) is 0 Å². The summed E-state index contributed by atoms with van der Waals surface area (Å²) < 4.78 is 23.4. The van der Waals surface area contributed by atoms with Crippen LogP contribution in [-0.2, 0) is 9.84 Å². The van der Waals surface area contributed by atoms with E-state index in [1.54, 1.807) is 20.8 Å². The standard InChI is InChI=1S/C13H29NO3S/c1-11(2)8-13(9-14,10-15)6-7-18(16,17)12(3,4)5/h11,15H,6-10,14H2,1-5H3. The molecular formula is C13H29NO3S. The van der Waals surface area contributed by atoms with E-state index in [1.165, 1.54) is 0 Å². The second-order valence-electron chi connectivity index (χ2n) is 6.64. The molecule has 0 spiro atoms. The highest BCUT2D eigenvalue weighted by atomic mass is 32.2. The average molecular weight is 279 g/mol. The van der Waals surface area contributed by atoms with E-state index in [9.17, 15) is 13.5 Å². The average Bonchev–Trinajstić information content (AvgIpc) is 2.22. The van der Waals surface area contributed by atoms with Gasteiger partial charge in [-0.2, -0.15) is 0 Å². The Labute approximate surface area is 112 Å². The third kappa shape index (κ3) is 4.86. The second kappa shape index (κ2) is 6.35. The predicted molar refractivity (Wildman–Crippen MR) is 76.2 cm³/mol. The molecule has 0 saturated carbocycles. The molecule has 0 radical (unpaired) electrons. The van der Waals surface area contributed by atoms with Crippen LogP contribution in [0.5, 0.6) is 0 Å². The summed E-state index contributed by atoms with van der Waals surface area (Å²) in [5.41, 5.74) is 5.28. The first-order valence-electron chi connectivity index (χ1n) is 6.53. The molecule has 1 unspecified atom stereocenters. The van der Waals surface area contributed by atoms with Crippen molar-refractivity contribution in [3.8, 4) is 0 Å². The van der Waals surface area contributed by atoms with Crippen LogP contribution in [0.1, 0.15) is 47.5 Å². The summed E-state index contributed by atoms with van der Waals surface area (Å²) in [7, 11) is -3.15. The molecule has 0 amide bonds. The van der Waals surface area contributed by atoms with Crippen LogP contribution in [0.15, 0.2) is 0 Å². The van der Waals surface area contributed by atoms with Crippen molar-refractivity contribution in [3.05, 3.63) is 0 Å². The summed E-state index contributed by atoms with van der Waals surface area (Å²) >= 11 is 0. The predicted octanol–water partition coefficient (Wildman–Crippen LogP) is 1.57. The molecule has 0 aliphatic rings. The van der Waals surface area contributed by atoms with E-state index < -0.39 is 20.0 Å². The topological polar surface area (TPSA) is 80.4 Å². The Morgan fingerprint density at radius 1 is 1.22 bits per heavy atom. The van der Waals surface area contributed by atoms with Crippen molar-refractivity contribution in [1.82, 2.24) is 0 Å². The molecule has 3 N–H and O–H groups in total. The van der Waals surface area contributed by atoms with Crippen molar-refractivity contribution < 1.29 is 13.5 Å². The SMILES string of the molecule is CC(C)CC(CN)(CO)CCS(=O)(=O)C(C)(C)C. The molecular weight excluding hydrogens is 250 g/mol. The van der Waals surface area contributed by atoms with Gasteiger partial charge in [0.1, 0.15) is 0 Å². The van der Waals surface area contributed by atoms with Crippen molar-refractivity contribution in [2.45, 2.75) is 52.2 Å². The fraction of sp³-hybridized carbons (Fsp3) is 1.00. The molecule has 0 saturated heterocycles. The Kier molecular flexibility index (Phi) is 6.30. The van der Waals surface area contributed by atoms with Crippen LogP contribution in [0, 0.1) is 11.3 Å². The molecule has 1 atom stereocenters. The number of rotatable bonds is 7. The van der Waals surface area contributed by atoms with E-state index in [4.69, 9.17) is 5.73 Å². The molecule has 110 valence electrons. The number of aliphatic hydroxyl groups is 1. The second-order valence-corrected chi connectivity index (χ2v) is 9.50. The van der Waals surface area contributed by atoms with Gasteiger partial charge in [0, 0.05) is 18.6 Å². The number of hydrogen-bond donors (Lipinski definition) is 2. The molecule has 0 heterocycles. The molecule has 0 aromatic heterocycles. The van der Waals surface area contributed by atoms with Gasteiger partial charge in [-0.3, -0.25) is 0 Å². The smallest absolute Gasteiger partial charge is 0.155 e. The van der Waals surface area contributed by atoms with Gasteiger partial charge in [0.05, 0.1) is 10.5 Å². The number of aliphatic hydroxyl groups excluding tert-OH is 1. The third-order valence-corrected chi connectivity index (χ3v) is 6.05. The van der Waals surface area contributed by atoms with E-state index in [2.05, 4.69) is 13.8 Å². The van der Waals surface area contributed by atoms with Gasteiger partial charge in [-0.05, 0) is 39.5 Å². The van der Waals surface area contributed by atoms with Crippen LogP contribution in [0.4, 0.5) is 0 Å². The first-order valence-corrected chi connectivity index (χ1v) is 8.18. The zero-order valence-electron chi connectivity index (χ0n) is 12.4. The van der Waals surface area contributed by atoms with Crippen LogP contribution in [-0.4, -0.2) is 37.2 Å². The van der Waals surface area contributed by atoms with Crippen molar-refractivity contribution in [3.63, 3.8) is 0 Å². The van der Waals surface area contributed by atoms with Gasteiger partial charge in [-0.15, -0.1) is 0 Å². The summed E-state index contributed by atoms with van der Waals surface area (Å²) in [6.45, 7) is 9.48. The zero-order chi connectivity index (χ0) is 14.6. The third-order valence-electron chi connectivity index (χ3n) is 3.44. The lowest BCUT2D eigenvalue weighted by atomic mass is 9.78. The summed E-state index contributed by atoms with van der Waals surface area (Å²) in [6, 6.07) is 0. The lowest BCUT2D eigenvalue weighted by molar-refractivity contribution is 0.104. The van der Waals surface area contributed by atoms with Crippen LogP contribution in [0.25, 0.3) is 0 Å². The first-order chi connectivity index (χ1) is 7.99. The van der Waals surface area contributed by atoms with Gasteiger partial charge in [-0.25, -0.2) is 8.42 Å². The first kappa shape index (κ1) is 17.9. The van der Waals surface area contributed by atoms with Crippen LogP contribution in [0.3, 0.4) is 0 Å². The Morgan fingerprint density at radius 3 is 2.00 bits per heavy atom. The molecule has 0 bridgehead atoms. The lowest BCUT2D eigenvalue weighted by Crippen LogP contribution is -2.39. The number of sulfone groups is 1. The fourth-order valence-corrected chi connectivity index (χ4v) is 3.33. The van der Waals surface area contributed by atoms with Gasteiger partial charge in [0.2, 0.25) is 0 Å².